The molecule has 136 valence electrons. The summed E-state index contributed by atoms with van der Waals surface area (Å²) in [4.78, 5) is 12.8. The number of sulfone groups is 1. The Morgan fingerprint density at radius 1 is 0.808 bits per heavy atom. The zero-order chi connectivity index (χ0) is 19.1. The molecule has 0 amide bonds. The van der Waals surface area contributed by atoms with Gasteiger partial charge in [-0.1, -0.05) is 57.2 Å². The van der Waals surface area contributed by atoms with Crippen LogP contribution in [-0.2, 0) is 20.0 Å². The van der Waals surface area contributed by atoms with Gasteiger partial charge >= 0.3 is 0 Å². The van der Waals surface area contributed by atoms with Gasteiger partial charge in [-0.2, -0.15) is 0 Å². The average Bonchev–Trinajstić information content (AvgIpc) is 2.95. The minimum absolute atomic E-state index is 0.0664. The molecule has 0 saturated heterocycles. The molecule has 0 fully saturated rings. The molecule has 0 atom stereocenters. The van der Waals surface area contributed by atoms with Crippen LogP contribution in [0.4, 0.5) is 0 Å². The minimum atomic E-state index is -3.22. The van der Waals surface area contributed by atoms with E-state index in [1.807, 2.05) is 12.1 Å². The van der Waals surface area contributed by atoms with Crippen LogP contribution in [-0.4, -0.2) is 20.5 Å². The Balaban J connectivity index is 2.04. The lowest BCUT2D eigenvalue weighted by molar-refractivity contribution is -0.113. The summed E-state index contributed by atoms with van der Waals surface area (Å²) < 4.78 is 23.3. The molecule has 0 bridgehead atoms. The second kappa shape index (κ2) is 6.51. The van der Waals surface area contributed by atoms with Crippen molar-refractivity contribution in [2.75, 3.05) is 6.26 Å². The molecule has 0 aromatic heterocycles. The molecule has 1 aliphatic rings. The van der Waals surface area contributed by atoms with Gasteiger partial charge in [0.1, 0.15) is 0 Å². The minimum Gasteiger partial charge on any atom is -0.294 e. The molecule has 2 aromatic rings. The Labute approximate surface area is 155 Å². The molecular formula is C22H24O3S. The number of ketones is 1. The lowest BCUT2D eigenvalue weighted by Crippen LogP contribution is -2.10. The third-order valence-corrected chi connectivity index (χ3v) is 5.98. The fourth-order valence-corrected chi connectivity index (χ4v) is 3.95. The molecular weight excluding hydrogens is 344 g/mol. The van der Waals surface area contributed by atoms with Crippen molar-refractivity contribution in [2.45, 2.75) is 43.9 Å². The van der Waals surface area contributed by atoms with E-state index < -0.39 is 9.84 Å². The van der Waals surface area contributed by atoms with Crippen LogP contribution in [0.5, 0.6) is 0 Å². The van der Waals surface area contributed by atoms with Gasteiger partial charge in [-0.05, 0) is 46.2 Å². The molecule has 0 N–H and O–H groups in total. The van der Waals surface area contributed by atoms with Gasteiger partial charge in [-0.3, -0.25) is 4.79 Å². The molecule has 4 heteroatoms. The smallest absolute Gasteiger partial charge is 0.175 e. The third kappa shape index (κ3) is 3.65. The van der Waals surface area contributed by atoms with Gasteiger partial charge in [-0.15, -0.1) is 0 Å². The summed E-state index contributed by atoms with van der Waals surface area (Å²) in [6, 6.07) is 15.0. The molecule has 0 aliphatic heterocycles. The summed E-state index contributed by atoms with van der Waals surface area (Å²) in [5, 5.41) is 0. The number of allylic oxidation sites excluding steroid dienone is 2. The Hall–Kier alpha value is -2.20. The normalized spacial score (nSPS) is 15.6. The van der Waals surface area contributed by atoms with Crippen LogP contribution >= 0.6 is 0 Å². The van der Waals surface area contributed by atoms with E-state index in [9.17, 15) is 13.2 Å². The molecule has 26 heavy (non-hydrogen) atoms. The summed E-state index contributed by atoms with van der Waals surface area (Å²) in [7, 11) is -3.22. The van der Waals surface area contributed by atoms with Crippen molar-refractivity contribution in [3.05, 3.63) is 65.2 Å². The van der Waals surface area contributed by atoms with E-state index in [0.29, 0.717) is 17.7 Å². The van der Waals surface area contributed by atoms with Crippen molar-refractivity contribution < 1.29 is 13.2 Å². The van der Waals surface area contributed by atoms with Crippen molar-refractivity contribution in [1.82, 2.24) is 0 Å². The molecule has 0 unspecified atom stereocenters. The van der Waals surface area contributed by atoms with Crippen molar-refractivity contribution in [3.63, 3.8) is 0 Å². The lowest BCUT2D eigenvalue weighted by Gasteiger charge is -2.19. The first-order chi connectivity index (χ1) is 12.1. The predicted octanol–water partition coefficient (Wildman–Crippen LogP) is 4.66. The molecule has 0 saturated carbocycles. The zero-order valence-electron chi connectivity index (χ0n) is 15.7. The number of benzene rings is 2. The Kier molecular flexibility index (Phi) is 4.65. The zero-order valence-corrected chi connectivity index (χ0v) is 16.5. The van der Waals surface area contributed by atoms with E-state index in [0.717, 1.165) is 22.3 Å². The topological polar surface area (TPSA) is 51.2 Å². The molecule has 0 spiro atoms. The summed E-state index contributed by atoms with van der Waals surface area (Å²) in [6.45, 7) is 6.49. The van der Waals surface area contributed by atoms with Gasteiger partial charge in [0.15, 0.2) is 15.6 Å². The highest BCUT2D eigenvalue weighted by molar-refractivity contribution is 7.90. The first-order valence-corrected chi connectivity index (χ1v) is 10.6. The lowest BCUT2D eigenvalue weighted by atomic mass is 9.85. The van der Waals surface area contributed by atoms with Crippen molar-refractivity contribution >= 4 is 26.8 Å². The maximum atomic E-state index is 12.5. The van der Waals surface area contributed by atoms with Crippen LogP contribution in [0.15, 0.2) is 53.4 Å². The maximum absolute atomic E-state index is 12.5. The fourth-order valence-electron chi connectivity index (χ4n) is 3.32. The van der Waals surface area contributed by atoms with Crippen LogP contribution in [0.3, 0.4) is 0 Å². The number of rotatable bonds is 3. The van der Waals surface area contributed by atoms with E-state index >= 15 is 0 Å². The largest absolute Gasteiger partial charge is 0.294 e. The number of carbonyl (C=O) groups excluding carboxylic acids is 1. The van der Waals surface area contributed by atoms with Crippen LogP contribution in [0.2, 0.25) is 0 Å². The highest BCUT2D eigenvalue weighted by Crippen LogP contribution is 2.38. The molecule has 0 radical (unpaired) electrons. The van der Waals surface area contributed by atoms with Gasteiger partial charge in [0.2, 0.25) is 0 Å². The van der Waals surface area contributed by atoms with Gasteiger partial charge in [0.05, 0.1) is 4.90 Å². The van der Waals surface area contributed by atoms with Gasteiger partial charge in [0.25, 0.3) is 0 Å². The van der Waals surface area contributed by atoms with E-state index in [1.165, 1.54) is 11.8 Å². The summed E-state index contributed by atoms with van der Waals surface area (Å²) in [5.74, 6) is 0.149. The van der Waals surface area contributed by atoms with Gasteiger partial charge in [-0.25, -0.2) is 8.42 Å². The number of Topliss-reactive ketones (excluding diaryl/α,β-unsaturated/α-hetero) is 1. The number of hydrogen-bond acceptors (Lipinski definition) is 3. The fraction of sp³-hybridized carbons (Fsp3) is 0.318. The van der Waals surface area contributed by atoms with Gasteiger partial charge in [0, 0.05) is 18.2 Å². The highest BCUT2D eigenvalue weighted by Gasteiger charge is 2.26. The summed E-state index contributed by atoms with van der Waals surface area (Å²) in [6.07, 6.45) is 2.38. The Morgan fingerprint density at radius 2 is 1.35 bits per heavy atom. The molecule has 1 aliphatic carbocycles. The number of carbonyl (C=O) groups is 1. The second-order valence-electron chi connectivity index (χ2n) is 7.90. The standard InChI is InChI=1S/C22H24O3S/c1-22(2,3)17-9-5-16(6-10-17)21-19(13-14-20(21)23)15-7-11-18(12-8-15)26(4,24)25/h5-12H,13-14H2,1-4H3. The van der Waals surface area contributed by atoms with Crippen LogP contribution in [0, 0.1) is 0 Å². The third-order valence-electron chi connectivity index (χ3n) is 4.85. The average molecular weight is 368 g/mol. The van der Waals surface area contributed by atoms with E-state index in [4.69, 9.17) is 0 Å². The van der Waals surface area contributed by atoms with Crippen LogP contribution in [0.25, 0.3) is 11.1 Å². The van der Waals surface area contributed by atoms with Crippen molar-refractivity contribution in [1.29, 1.82) is 0 Å². The number of hydrogen-bond donors (Lipinski definition) is 0. The van der Waals surface area contributed by atoms with Crippen molar-refractivity contribution in [3.8, 4) is 0 Å². The first kappa shape index (κ1) is 18.6. The van der Waals surface area contributed by atoms with Crippen molar-refractivity contribution in [2.24, 2.45) is 0 Å². The Morgan fingerprint density at radius 3 is 1.85 bits per heavy atom. The summed E-state index contributed by atoms with van der Waals surface area (Å²) in [5.41, 5.74) is 4.90. The molecule has 3 nitrogen and oxygen atoms in total. The van der Waals surface area contributed by atoms with E-state index in [1.54, 1.807) is 24.3 Å². The molecule has 2 aromatic carbocycles. The highest BCUT2D eigenvalue weighted by atomic mass is 32.2. The monoisotopic (exact) mass is 368 g/mol. The van der Waals surface area contributed by atoms with E-state index in [-0.39, 0.29) is 11.2 Å². The van der Waals surface area contributed by atoms with Crippen LogP contribution < -0.4 is 0 Å². The molecule has 0 heterocycles. The molecule has 3 rings (SSSR count). The Bertz CT molecular complexity index is 971. The maximum Gasteiger partial charge on any atom is 0.175 e. The first-order valence-electron chi connectivity index (χ1n) is 8.75. The SMILES string of the molecule is CC(C)(C)c1ccc(C2=C(c3ccc(S(C)(=O)=O)cc3)CCC2=O)cc1. The van der Waals surface area contributed by atoms with Gasteiger partial charge < -0.3 is 0 Å². The second-order valence-corrected chi connectivity index (χ2v) is 9.92. The predicted molar refractivity (Wildman–Crippen MR) is 106 cm³/mol. The summed E-state index contributed by atoms with van der Waals surface area (Å²) >= 11 is 0. The van der Waals surface area contributed by atoms with E-state index in [2.05, 4.69) is 32.9 Å². The quantitative estimate of drug-likeness (QED) is 0.792. The van der Waals surface area contributed by atoms with Crippen LogP contribution in [0.1, 0.15) is 50.3 Å².